The van der Waals surface area contributed by atoms with E-state index in [-0.39, 0.29) is 19.9 Å². The van der Waals surface area contributed by atoms with Crippen molar-refractivity contribution in [2.45, 2.75) is 12.8 Å². The van der Waals surface area contributed by atoms with Crippen LogP contribution in [0.5, 0.6) is 0 Å². The van der Waals surface area contributed by atoms with Crippen LogP contribution in [0.4, 0.5) is 17.1 Å². The van der Waals surface area contributed by atoms with Gasteiger partial charge in [0, 0.05) is 0 Å². The summed E-state index contributed by atoms with van der Waals surface area (Å²) in [7, 11) is 0. The van der Waals surface area contributed by atoms with Crippen molar-refractivity contribution in [2.75, 3.05) is 4.90 Å². The molecule has 200 valence electrons. The zero-order chi connectivity index (χ0) is 28.0. The fourth-order valence-electron chi connectivity index (χ4n) is 6.32. The van der Waals surface area contributed by atoms with Gasteiger partial charge in [-0.05, 0) is 0 Å². The molecule has 0 amide bonds. The fourth-order valence-corrected chi connectivity index (χ4v) is 8.66. The molecule has 0 N–H and O–H groups in total. The van der Waals surface area contributed by atoms with Crippen LogP contribution in [-0.2, 0) is 12.8 Å². The Labute approximate surface area is 250 Å². The summed E-state index contributed by atoms with van der Waals surface area (Å²) in [5.74, 6) is 0. The van der Waals surface area contributed by atoms with E-state index in [2.05, 4.69) is 126 Å². The molecule has 0 bridgehead atoms. The Kier molecular flexibility index (Phi) is 6.14. The maximum absolute atomic E-state index is 13.6. The van der Waals surface area contributed by atoms with Gasteiger partial charge < -0.3 is 0 Å². The summed E-state index contributed by atoms with van der Waals surface area (Å²) in [6, 6.07) is 49.4. The van der Waals surface area contributed by atoms with Crippen molar-refractivity contribution < 1.29 is 0 Å². The Bertz CT molecular complexity index is 2110. The van der Waals surface area contributed by atoms with E-state index >= 15 is 0 Å². The van der Waals surface area contributed by atoms with E-state index in [9.17, 15) is 4.79 Å². The van der Waals surface area contributed by atoms with Crippen LogP contribution in [0.1, 0.15) is 22.3 Å². The van der Waals surface area contributed by atoms with Crippen LogP contribution in [0, 0.1) is 0 Å². The average Bonchev–Trinajstić information content (AvgIpc) is 3.05. The number of para-hydroxylation sites is 2. The van der Waals surface area contributed by atoms with E-state index in [0.717, 1.165) is 35.0 Å². The molecule has 1 aromatic heterocycles. The first-order valence-corrected chi connectivity index (χ1v) is 16.0. The van der Waals surface area contributed by atoms with Crippen molar-refractivity contribution in [3.8, 4) is 11.1 Å². The number of nitrogens with zero attached hydrogens (tertiary/aromatic N) is 1. The van der Waals surface area contributed by atoms with Crippen LogP contribution in [-0.4, -0.2) is 14.5 Å². The van der Waals surface area contributed by atoms with E-state index in [1.54, 1.807) is 0 Å². The first-order chi connectivity index (χ1) is 20.7. The molecule has 6 aromatic carbocycles. The van der Waals surface area contributed by atoms with Crippen LogP contribution >= 0.6 is 0 Å². The molecule has 0 radical (unpaired) electrons. The van der Waals surface area contributed by atoms with Crippen molar-refractivity contribution in [3.63, 3.8) is 0 Å². The maximum atomic E-state index is 13.6. The van der Waals surface area contributed by atoms with Crippen molar-refractivity contribution in [3.05, 3.63) is 172 Å². The molecule has 7 aromatic rings. The molecule has 1 aliphatic rings. The molecule has 1 heterocycles. The standard InChI is InChI=1S/C39H27NOSe/c41-39-33-18-10-11-19-37(33)42-38-25-28-21-30-20-27(26-12-4-1-5-13-26)24-36(34(30)22-29(28)23-35(38)39)40(31-14-6-2-7-15-31)32-16-8-3-9-17-32/h1-20,23-25H,21-22H2. The van der Waals surface area contributed by atoms with Gasteiger partial charge in [-0.15, -0.1) is 0 Å². The Hall–Kier alpha value is -4.69. The summed E-state index contributed by atoms with van der Waals surface area (Å²) in [4.78, 5) is 16.0. The first-order valence-electron chi connectivity index (χ1n) is 14.3. The van der Waals surface area contributed by atoms with Gasteiger partial charge in [0.25, 0.3) is 0 Å². The van der Waals surface area contributed by atoms with Gasteiger partial charge in [-0.2, -0.15) is 0 Å². The van der Waals surface area contributed by atoms with Gasteiger partial charge in [0.05, 0.1) is 0 Å². The van der Waals surface area contributed by atoms with Gasteiger partial charge in [0.2, 0.25) is 0 Å². The minimum absolute atomic E-state index is 0.129. The molecule has 0 atom stereocenters. The average molecular weight is 605 g/mol. The van der Waals surface area contributed by atoms with Crippen LogP contribution in [0.3, 0.4) is 0 Å². The Balaban J connectivity index is 1.37. The van der Waals surface area contributed by atoms with Crippen LogP contribution in [0.2, 0.25) is 0 Å². The molecule has 0 unspecified atom stereocenters. The van der Waals surface area contributed by atoms with Crippen LogP contribution in [0.25, 0.3) is 30.4 Å². The summed E-state index contributed by atoms with van der Waals surface area (Å²) in [5, 5.41) is 1.76. The predicted molar refractivity (Wildman–Crippen MR) is 177 cm³/mol. The number of fused-ring (bicyclic) bond motifs is 4. The third-order valence-corrected chi connectivity index (χ3v) is 10.7. The van der Waals surface area contributed by atoms with Gasteiger partial charge >= 0.3 is 252 Å². The second kappa shape index (κ2) is 10.3. The van der Waals surface area contributed by atoms with Gasteiger partial charge in [-0.25, -0.2) is 0 Å². The minimum atomic E-state index is 0.129. The number of hydrogen-bond donors (Lipinski definition) is 0. The Morgan fingerprint density at radius 3 is 1.83 bits per heavy atom. The molecule has 8 rings (SSSR count). The SMILES string of the molecule is O=c1c2ccccc2[se]c2cc3c(cc12)Cc1c(cc(-c2ccccc2)cc1N(c1ccccc1)c1ccccc1)C3. The quantitative estimate of drug-likeness (QED) is 0.148. The summed E-state index contributed by atoms with van der Waals surface area (Å²) >= 11 is 0.129. The van der Waals surface area contributed by atoms with E-state index < -0.39 is 0 Å². The number of hydrogen-bond acceptors (Lipinski definition) is 2. The second-order valence-electron chi connectivity index (χ2n) is 10.9. The summed E-state index contributed by atoms with van der Waals surface area (Å²) in [5.41, 5.74) is 11.3. The predicted octanol–water partition coefficient (Wildman–Crippen LogP) is 9.04. The van der Waals surface area contributed by atoms with E-state index in [1.807, 2.05) is 18.2 Å². The van der Waals surface area contributed by atoms with Crippen molar-refractivity contribution in [2.24, 2.45) is 0 Å². The molecule has 3 heteroatoms. The number of benzene rings is 6. The first kappa shape index (κ1) is 25.1. The van der Waals surface area contributed by atoms with Gasteiger partial charge in [-0.1, -0.05) is 0 Å². The summed E-state index contributed by atoms with van der Waals surface area (Å²) in [6.07, 6.45) is 1.65. The van der Waals surface area contributed by atoms with Crippen molar-refractivity contribution >= 4 is 50.9 Å². The van der Waals surface area contributed by atoms with Crippen molar-refractivity contribution in [1.82, 2.24) is 0 Å². The third kappa shape index (κ3) is 4.30. The van der Waals surface area contributed by atoms with Crippen LogP contribution < -0.4 is 10.3 Å². The molecule has 0 saturated carbocycles. The van der Waals surface area contributed by atoms with E-state index in [1.165, 1.54) is 47.6 Å². The van der Waals surface area contributed by atoms with E-state index in [4.69, 9.17) is 0 Å². The van der Waals surface area contributed by atoms with Crippen molar-refractivity contribution in [1.29, 1.82) is 0 Å². The molecule has 0 spiro atoms. The molecular formula is C39H27NOSe. The molecule has 1 aliphatic carbocycles. The fraction of sp³-hybridized carbons (Fsp3) is 0.0513. The normalized spacial score (nSPS) is 12.2. The molecule has 0 aliphatic heterocycles. The van der Waals surface area contributed by atoms with E-state index in [0.29, 0.717) is 0 Å². The zero-order valence-electron chi connectivity index (χ0n) is 23.0. The van der Waals surface area contributed by atoms with Gasteiger partial charge in [-0.3, -0.25) is 0 Å². The second-order valence-corrected chi connectivity index (χ2v) is 13.2. The topological polar surface area (TPSA) is 20.3 Å². The molecule has 42 heavy (non-hydrogen) atoms. The molecule has 0 saturated heterocycles. The Morgan fingerprint density at radius 2 is 1.12 bits per heavy atom. The summed E-state index contributed by atoms with van der Waals surface area (Å²) in [6.45, 7) is 0. The Morgan fingerprint density at radius 1 is 0.500 bits per heavy atom. The summed E-state index contributed by atoms with van der Waals surface area (Å²) < 4.78 is 2.40. The molecule has 2 nitrogen and oxygen atoms in total. The number of rotatable bonds is 4. The zero-order valence-corrected chi connectivity index (χ0v) is 24.7. The van der Waals surface area contributed by atoms with Gasteiger partial charge in [0.15, 0.2) is 0 Å². The van der Waals surface area contributed by atoms with Crippen LogP contribution in [0.15, 0.2) is 144 Å². The third-order valence-electron chi connectivity index (χ3n) is 8.34. The van der Waals surface area contributed by atoms with Gasteiger partial charge in [0.1, 0.15) is 0 Å². The molecular weight excluding hydrogens is 577 g/mol. The number of anilines is 3. The monoisotopic (exact) mass is 605 g/mol. The molecule has 0 fully saturated rings.